The van der Waals surface area contributed by atoms with Gasteiger partial charge in [-0.25, -0.2) is 13.8 Å². The predicted octanol–water partition coefficient (Wildman–Crippen LogP) is 2.69. The number of benzene rings is 1. The Hall–Kier alpha value is -2.50. The van der Waals surface area contributed by atoms with Gasteiger partial charge in [0.1, 0.15) is 29.1 Å². The Morgan fingerprint density at radius 3 is 2.52 bits per heavy atom. The van der Waals surface area contributed by atoms with Crippen molar-refractivity contribution in [2.24, 2.45) is 0 Å². The van der Waals surface area contributed by atoms with Crippen molar-refractivity contribution in [1.82, 2.24) is 4.98 Å². The van der Waals surface area contributed by atoms with Gasteiger partial charge in [-0.3, -0.25) is 4.79 Å². The van der Waals surface area contributed by atoms with Crippen LogP contribution in [0.15, 0.2) is 30.3 Å². The minimum Gasteiger partial charge on any atom is -0.383 e. The number of nitrogens with two attached hydrogens (primary N) is 1. The van der Waals surface area contributed by atoms with Gasteiger partial charge in [-0.05, 0) is 24.6 Å². The maximum atomic E-state index is 13.9. The number of halogens is 2. The van der Waals surface area contributed by atoms with Gasteiger partial charge < -0.3 is 11.1 Å². The molecule has 3 N–H and O–H groups in total. The Balaban J connectivity index is 2.10. The number of nitrogen functional groups attached to an aromatic ring is 1. The summed E-state index contributed by atoms with van der Waals surface area (Å²) in [6.07, 6.45) is -0.0804. The van der Waals surface area contributed by atoms with Crippen LogP contribution in [-0.4, -0.2) is 10.8 Å². The summed E-state index contributed by atoms with van der Waals surface area (Å²) in [5, 5.41) is 2.90. The second-order valence-corrected chi connectivity index (χ2v) is 4.71. The van der Waals surface area contributed by atoms with E-state index in [1.807, 2.05) is 0 Å². The normalized spacial score (nSPS) is 10.4. The van der Waals surface area contributed by atoms with Crippen LogP contribution in [0.25, 0.3) is 0 Å². The van der Waals surface area contributed by atoms with Crippen LogP contribution in [0.4, 0.5) is 20.4 Å². The van der Waals surface area contributed by atoms with Gasteiger partial charge in [-0.15, -0.1) is 0 Å². The van der Waals surface area contributed by atoms with Crippen LogP contribution < -0.4 is 11.1 Å². The second-order valence-electron chi connectivity index (χ2n) is 4.71. The first-order chi connectivity index (χ1) is 9.95. The Morgan fingerprint density at radius 2 is 1.95 bits per heavy atom. The molecule has 1 heterocycles. The fraction of sp³-hybridized carbons (Fsp3) is 0.200. The maximum absolute atomic E-state index is 13.9. The van der Waals surface area contributed by atoms with Gasteiger partial charge in [-0.1, -0.05) is 12.1 Å². The lowest BCUT2D eigenvalue weighted by Crippen LogP contribution is -2.09. The third kappa shape index (κ3) is 3.98. The van der Waals surface area contributed by atoms with Crippen molar-refractivity contribution in [2.45, 2.75) is 19.9 Å². The van der Waals surface area contributed by atoms with E-state index in [-0.39, 0.29) is 35.2 Å². The third-order valence-corrected chi connectivity index (χ3v) is 2.91. The zero-order valence-electron chi connectivity index (χ0n) is 11.5. The van der Waals surface area contributed by atoms with E-state index >= 15 is 0 Å². The molecule has 0 saturated heterocycles. The van der Waals surface area contributed by atoms with Gasteiger partial charge >= 0.3 is 0 Å². The Morgan fingerprint density at radius 1 is 1.29 bits per heavy atom. The molecule has 0 aliphatic carbocycles. The molecule has 0 spiro atoms. The summed E-state index contributed by atoms with van der Waals surface area (Å²) in [5.41, 5.74) is 6.60. The zero-order valence-corrected chi connectivity index (χ0v) is 11.5. The summed E-state index contributed by atoms with van der Waals surface area (Å²) < 4.78 is 26.7. The average Bonchev–Trinajstić information content (AvgIpc) is 2.42. The summed E-state index contributed by atoms with van der Waals surface area (Å²) in [5.74, 6) is -0.817. The Kier molecular flexibility index (Phi) is 4.47. The quantitative estimate of drug-likeness (QED) is 0.888. The molecule has 0 radical (unpaired) electrons. The van der Waals surface area contributed by atoms with Crippen LogP contribution in [0.5, 0.6) is 0 Å². The summed E-state index contributed by atoms with van der Waals surface area (Å²) >= 11 is 0. The van der Waals surface area contributed by atoms with Crippen LogP contribution in [0.3, 0.4) is 0 Å². The SMILES string of the molecule is CC(=O)Cc1c([18F])cc(NCc2ccc(F)cc2)nc1N. The lowest BCUT2D eigenvalue weighted by molar-refractivity contribution is -0.116. The number of carbonyl (C=O) groups excluding carboxylic acids is 1. The van der Waals surface area contributed by atoms with Crippen molar-refractivity contribution in [3.05, 3.63) is 53.1 Å². The number of carbonyl (C=O) groups is 1. The van der Waals surface area contributed by atoms with Gasteiger partial charge in [0.25, 0.3) is 0 Å². The molecule has 0 saturated carbocycles. The van der Waals surface area contributed by atoms with Crippen molar-refractivity contribution in [2.75, 3.05) is 11.1 Å². The summed E-state index contributed by atoms with van der Waals surface area (Å²) in [6.45, 7) is 1.72. The number of aromatic nitrogens is 1. The van der Waals surface area contributed by atoms with Crippen LogP contribution in [-0.2, 0) is 17.8 Å². The zero-order chi connectivity index (χ0) is 15.4. The molecule has 2 aromatic rings. The van der Waals surface area contributed by atoms with E-state index in [4.69, 9.17) is 5.73 Å². The summed E-state index contributed by atoms with van der Waals surface area (Å²) in [7, 11) is 0. The van der Waals surface area contributed by atoms with Crippen LogP contribution in [0.2, 0.25) is 0 Å². The number of hydrogen-bond donors (Lipinski definition) is 2. The van der Waals surface area contributed by atoms with Gasteiger partial charge in [-0.2, -0.15) is 0 Å². The first-order valence-corrected chi connectivity index (χ1v) is 6.38. The maximum Gasteiger partial charge on any atom is 0.134 e. The molecule has 1 aromatic carbocycles. The highest BCUT2D eigenvalue weighted by molar-refractivity contribution is 5.79. The van der Waals surface area contributed by atoms with Gasteiger partial charge in [0.15, 0.2) is 0 Å². The first-order valence-electron chi connectivity index (χ1n) is 6.38. The molecular weight excluding hydrogens is 275 g/mol. The van der Waals surface area contributed by atoms with E-state index in [0.29, 0.717) is 6.54 Å². The number of rotatable bonds is 5. The molecule has 6 heteroatoms. The summed E-state index contributed by atoms with van der Waals surface area (Å²) in [4.78, 5) is 15.1. The minimum absolute atomic E-state index is 0.00759. The van der Waals surface area contributed by atoms with Gasteiger partial charge in [0.05, 0.1) is 0 Å². The molecule has 1 aromatic heterocycles. The van der Waals surface area contributed by atoms with Gasteiger partial charge in [0.2, 0.25) is 0 Å². The van der Waals surface area contributed by atoms with Crippen LogP contribution in [0.1, 0.15) is 18.1 Å². The van der Waals surface area contributed by atoms with E-state index in [2.05, 4.69) is 10.3 Å². The molecule has 0 atom stereocenters. The summed E-state index contributed by atoms with van der Waals surface area (Å²) in [6, 6.07) is 7.11. The van der Waals surface area contributed by atoms with E-state index in [0.717, 1.165) is 5.56 Å². The van der Waals surface area contributed by atoms with Crippen molar-refractivity contribution in [1.29, 1.82) is 0 Å². The van der Waals surface area contributed by atoms with Crippen molar-refractivity contribution >= 4 is 17.4 Å². The molecule has 0 fully saturated rings. The number of pyridine rings is 1. The van der Waals surface area contributed by atoms with Crippen molar-refractivity contribution in [3.63, 3.8) is 0 Å². The number of anilines is 2. The van der Waals surface area contributed by atoms with Crippen molar-refractivity contribution < 1.29 is 13.6 Å². The van der Waals surface area contributed by atoms with Gasteiger partial charge in [0, 0.05) is 24.6 Å². The Labute approximate surface area is 121 Å². The number of hydrogen-bond acceptors (Lipinski definition) is 4. The predicted molar refractivity (Wildman–Crippen MR) is 76.7 cm³/mol. The van der Waals surface area contributed by atoms with E-state index in [1.54, 1.807) is 12.1 Å². The molecule has 110 valence electrons. The number of Topliss-reactive ketones (excluding diaryl/α,β-unsaturated/α-hetero) is 1. The fourth-order valence-corrected chi connectivity index (χ4v) is 1.87. The molecule has 4 nitrogen and oxygen atoms in total. The largest absolute Gasteiger partial charge is 0.383 e. The first kappa shape index (κ1) is 14.9. The highest BCUT2D eigenvalue weighted by Crippen LogP contribution is 2.19. The third-order valence-electron chi connectivity index (χ3n) is 2.91. The number of ketones is 1. The Bertz CT molecular complexity index is 633. The van der Waals surface area contributed by atoms with E-state index < -0.39 is 5.82 Å². The van der Waals surface area contributed by atoms with E-state index in [9.17, 15) is 13.6 Å². The molecule has 2 rings (SSSR count). The monoisotopic (exact) mass is 290 g/mol. The lowest BCUT2D eigenvalue weighted by atomic mass is 10.1. The van der Waals surface area contributed by atoms with Crippen molar-refractivity contribution in [3.8, 4) is 0 Å². The minimum atomic E-state index is -0.570. The van der Waals surface area contributed by atoms with E-state index in [1.165, 1.54) is 25.1 Å². The highest BCUT2D eigenvalue weighted by Gasteiger charge is 2.12. The fourth-order valence-electron chi connectivity index (χ4n) is 1.87. The molecular formula is C15H15F2N3O. The average molecular weight is 290 g/mol. The molecule has 0 unspecified atom stereocenters. The molecule has 0 aliphatic rings. The molecule has 0 aliphatic heterocycles. The molecule has 0 bridgehead atoms. The molecule has 0 amide bonds. The van der Waals surface area contributed by atoms with Crippen LogP contribution >= 0.6 is 0 Å². The topological polar surface area (TPSA) is 68.0 Å². The molecule has 21 heavy (non-hydrogen) atoms. The lowest BCUT2D eigenvalue weighted by Gasteiger charge is -2.10. The van der Waals surface area contributed by atoms with Crippen LogP contribution in [0, 0.1) is 11.6 Å². The number of nitrogens with zero attached hydrogens (tertiary/aromatic N) is 1. The smallest absolute Gasteiger partial charge is 0.134 e. The second kappa shape index (κ2) is 6.30. The standard InChI is InChI=1S/C15H15F2N3O/c1-9(21)6-12-13(17)7-14(20-15(12)18)19-8-10-2-4-11(16)5-3-10/h2-5,7H,6,8H2,1H3,(H3,18,19,20)/i17-1. The highest BCUT2D eigenvalue weighted by atomic mass is 19.1. The number of nitrogens with one attached hydrogen (secondary N) is 1.